The van der Waals surface area contributed by atoms with Crippen molar-refractivity contribution < 1.29 is 4.79 Å². The number of carbonyl (C=O) groups is 1. The van der Waals surface area contributed by atoms with Gasteiger partial charge in [0.1, 0.15) is 10.1 Å². The van der Waals surface area contributed by atoms with E-state index in [0.29, 0.717) is 5.70 Å². The van der Waals surface area contributed by atoms with Crippen LogP contribution in [0.2, 0.25) is 0 Å². The Labute approximate surface area is 128 Å². The van der Waals surface area contributed by atoms with Crippen LogP contribution in [0.4, 0.5) is 5.69 Å². The Balaban J connectivity index is 2.19. The zero-order valence-corrected chi connectivity index (χ0v) is 13.6. The molecule has 0 spiro atoms. The van der Waals surface area contributed by atoms with Crippen molar-refractivity contribution in [3.05, 3.63) is 35.5 Å². The average molecular weight is 306 g/mol. The number of rotatable bonds is 4. The molecule has 20 heavy (non-hydrogen) atoms. The predicted octanol–water partition coefficient (Wildman–Crippen LogP) is 3.87. The van der Waals surface area contributed by atoms with Gasteiger partial charge in [-0.05, 0) is 55.6 Å². The zero-order chi connectivity index (χ0) is 14.5. The molecule has 0 unspecified atom stereocenters. The van der Waals surface area contributed by atoms with Gasteiger partial charge in [-0.25, -0.2) is 4.99 Å². The average Bonchev–Trinajstić information content (AvgIpc) is 2.82. The van der Waals surface area contributed by atoms with Gasteiger partial charge in [-0.1, -0.05) is 12.1 Å². The molecule has 0 fully saturated rings. The molecule has 1 heterocycles. The van der Waals surface area contributed by atoms with Crippen molar-refractivity contribution in [2.24, 2.45) is 4.99 Å². The molecule has 3 nitrogen and oxygen atoms in total. The molecule has 0 N–H and O–H groups in total. The number of hydrogen-bond donors (Lipinski definition) is 0. The van der Waals surface area contributed by atoms with E-state index in [1.54, 1.807) is 0 Å². The van der Waals surface area contributed by atoms with Crippen LogP contribution in [0.5, 0.6) is 0 Å². The molecule has 0 radical (unpaired) electrons. The van der Waals surface area contributed by atoms with Gasteiger partial charge < -0.3 is 4.90 Å². The van der Waals surface area contributed by atoms with E-state index in [9.17, 15) is 4.79 Å². The molecule has 0 bridgehead atoms. The molecule has 0 atom stereocenters. The molecule has 0 saturated carbocycles. The topological polar surface area (TPSA) is 32.7 Å². The second-order valence-corrected chi connectivity index (χ2v) is 6.28. The Morgan fingerprint density at radius 1 is 1.25 bits per heavy atom. The van der Waals surface area contributed by atoms with E-state index >= 15 is 0 Å². The Hall–Kier alpha value is -1.20. The lowest BCUT2D eigenvalue weighted by molar-refractivity contribution is -0.107. The van der Waals surface area contributed by atoms with Crippen LogP contribution >= 0.6 is 23.5 Å². The second-order valence-electron chi connectivity index (χ2n) is 4.26. The van der Waals surface area contributed by atoms with E-state index in [-0.39, 0.29) is 5.12 Å². The number of benzene rings is 1. The molecule has 0 aliphatic carbocycles. The van der Waals surface area contributed by atoms with Crippen molar-refractivity contribution >= 4 is 44.8 Å². The molecule has 0 saturated heterocycles. The van der Waals surface area contributed by atoms with Crippen LogP contribution < -0.4 is 4.90 Å². The summed E-state index contributed by atoms with van der Waals surface area (Å²) >= 11 is 2.71. The van der Waals surface area contributed by atoms with E-state index in [1.165, 1.54) is 29.2 Å². The summed E-state index contributed by atoms with van der Waals surface area (Å²) in [5.74, 6) is 0. The van der Waals surface area contributed by atoms with Gasteiger partial charge in [-0.15, -0.1) is 11.8 Å². The van der Waals surface area contributed by atoms with Gasteiger partial charge in [0.2, 0.25) is 5.12 Å². The molecule has 0 aromatic heterocycles. The molecule has 5 heteroatoms. The molecule has 1 aliphatic rings. The first-order chi connectivity index (χ1) is 9.67. The summed E-state index contributed by atoms with van der Waals surface area (Å²) in [6.07, 6.45) is 3.78. The molecule has 0 amide bonds. The molecule has 2 rings (SSSR count). The van der Waals surface area contributed by atoms with Crippen LogP contribution in [0.3, 0.4) is 0 Å². The molecular formula is C15H18N2OS2. The molecule has 1 aromatic rings. The fourth-order valence-corrected chi connectivity index (χ4v) is 3.27. The highest BCUT2D eigenvalue weighted by Gasteiger charge is 2.21. The van der Waals surface area contributed by atoms with Crippen LogP contribution in [0.25, 0.3) is 6.08 Å². The fraction of sp³-hybridized carbons (Fsp3) is 0.333. The summed E-state index contributed by atoms with van der Waals surface area (Å²) in [4.78, 5) is 18.4. The van der Waals surface area contributed by atoms with Gasteiger partial charge >= 0.3 is 0 Å². The number of hydrogen-bond acceptors (Lipinski definition) is 5. The van der Waals surface area contributed by atoms with Gasteiger partial charge in [-0.3, -0.25) is 4.79 Å². The summed E-state index contributed by atoms with van der Waals surface area (Å²) in [5.41, 5.74) is 2.75. The van der Waals surface area contributed by atoms with Gasteiger partial charge in [0.05, 0.1) is 0 Å². The van der Waals surface area contributed by atoms with Crippen LogP contribution in [0.15, 0.2) is 35.0 Å². The first kappa shape index (κ1) is 15.2. The van der Waals surface area contributed by atoms with Gasteiger partial charge in [-0.2, -0.15) is 0 Å². The second kappa shape index (κ2) is 6.99. The van der Waals surface area contributed by atoms with Crippen molar-refractivity contribution in [1.82, 2.24) is 0 Å². The first-order valence-corrected chi connectivity index (χ1v) is 8.63. The maximum Gasteiger partial charge on any atom is 0.244 e. The standard InChI is InChI=1S/C15H18N2OS2/c1-4-17(5-2)12-8-6-11(7-9-12)10-13-14(18)20-15(16-13)19-3/h6-10H,4-5H2,1-3H3/b13-10+. The van der Waals surface area contributed by atoms with Crippen LogP contribution in [-0.4, -0.2) is 28.8 Å². The highest BCUT2D eigenvalue weighted by molar-refractivity contribution is 8.45. The zero-order valence-electron chi connectivity index (χ0n) is 11.9. The summed E-state index contributed by atoms with van der Waals surface area (Å²) in [7, 11) is 0. The number of nitrogens with zero attached hydrogens (tertiary/aromatic N) is 2. The number of thioether (sulfide) groups is 2. The summed E-state index contributed by atoms with van der Waals surface area (Å²) in [6.45, 7) is 6.28. The van der Waals surface area contributed by atoms with Crippen molar-refractivity contribution in [1.29, 1.82) is 0 Å². The van der Waals surface area contributed by atoms with Crippen molar-refractivity contribution in [2.75, 3.05) is 24.2 Å². The van der Waals surface area contributed by atoms with E-state index in [2.05, 4.69) is 35.9 Å². The predicted molar refractivity (Wildman–Crippen MR) is 91.5 cm³/mol. The minimum Gasteiger partial charge on any atom is -0.372 e. The van der Waals surface area contributed by atoms with Crippen molar-refractivity contribution in [3.63, 3.8) is 0 Å². The third kappa shape index (κ3) is 3.46. The molecule has 1 aliphatic heterocycles. The normalized spacial score (nSPS) is 16.6. The SMILES string of the molecule is CCN(CC)c1ccc(/C=C2/N=C(SC)SC2=O)cc1. The van der Waals surface area contributed by atoms with Gasteiger partial charge in [0, 0.05) is 18.8 Å². The number of anilines is 1. The Morgan fingerprint density at radius 2 is 1.90 bits per heavy atom. The van der Waals surface area contributed by atoms with E-state index in [4.69, 9.17) is 0 Å². The summed E-state index contributed by atoms with van der Waals surface area (Å²) < 4.78 is 0.820. The Kier molecular flexibility index (Phi) is 5.31. The lowest BCUT2D eigenvalue weighted by atomic mass is 10.1. The van der Waals surface area contributed by atoms with Crippen molar-refractivity contribution in [3.8, 4) is 0 Å². The minimum atomic E-state index is 0.0298. The van der Waals surface area contributed by atoms with Crippen LogP contribution in [0.1, 0.15) is 19.4 Å². The highest BCUT2D eigenvalue weighted by Crippen LogP contribution is 2.30. The van der Waals surface area contributed by atoms with Gasteiger partial charge in [0.25, 0.3) is 0 Å². The number of carbonyl (C=O) groups excluding carboxylic acids is 1. The maximum atomic E-state index is 11.8. The largest absolute Gasteiger partial charge is 0.372 e. The molecule has 106 valence electrons. The summed E-state index contributed by atoms with van der Waals surface area (Å²) in [6, 6.07) is 8.24. The third-order valence-electron chi connectivity index (χ3n) is 3.10. The van der Waals surface area contributed by atoms with Gasteiger partial charge in [0.15, 0.2) is 0 Å². The summed E-state index contributed by atoms with van der Waals surface area (Å²) in [5, 5.41) is 0.0298. The van der Waals surface area contributed by atoms with Crippen molar-refractivity contribution in [2.45, 2.75) is 13.8 Å². The minimum absolute atomic E-state index is 0.0298. The highest BCUT2D eigenvalue weighted by atomic mass is 32.2. The fourth-order valence-electron chi connectivity index (χ4n) is 2.00. The Bertz CT molecular complexity index is 545. The molecule has 1 aromatic carbocycles. The molecular weight excluding hydrogens is 288 g/mol. The smallest absolute Gasteiger partial charge is 0.244 e. The van der Waals surface area contributed by atoms with E-state index in [0.717, 1.165) is 23.0 Å². The van der Waals surface area contributed by atoms with E-state index < -0.39 is 0 Å². The van der Waals surface area contributed by atoms with Crippen LogP contribution in [-0.2, 0) is 4.79 Å². The maximum absolute atomic E-state index is 11.8. The lowest BCUT2D eigenvalue weighted by Crippen LogP contribution is -2.21. The quantitative estimate of drug-likeness (QED) is 0.791. The lowest BCUT2D eigenvalue weighted by Gasteiger charge is -2.20. The van der Waals surface area contributed by atoms with Crippen LogP contribution in [0, 0.1) is 0 Å². The monoisotopic (exact) mass is 306 g/mol. The number of aliphatic imine (C=N–C) groups is 1. The third-order valence-corrected chi connectivity index (χ3v) is 4.95. The van der Waals surface area contributed by atoms with E-state index in [1.807, 2.05) is 24.5 Å². The Morgan fingerprint density at radius 3 is 2.40 bits per heavy atom. The first-order valence-electron chi connectivity index (χ1n) is 6.59.